The largest absolute Gasteiger partial charge is 0.496 e. The van der Waals surface area contributed by atoms with Crippen LogP contribution in [0.4, 0.5) is 0 Å². The lowest BCUT2D eigenvalue weighted by molar-refractivity contribution is -0.145. The predicted octanol–water partition coefficient (Wildman–Crippen LogP) is 3.85. The minimum atomic E-state index is -0.197. The lowest BCUT2D eigenvalue weighted by Crippen LogP contribution is -2.24. The van der Waals surface area contributed by atoms with Crippen molar-refractivity contribution in [1.29, 1.82) is 0 Å². The molecular formula is C20H22BrNO3. The Kier molecular flexibility index (Phi) is 5.76. The van der Waals surface area contributed by atoms with Gasteiger partial charge in [0.05, 0.1) is 20.1 Å². The second kappa shape index (κ2) is 8.02. The van der Waals surface area contributed by atoms with Gasteiger partial charge in [-0.1, -0.05) is 46.3 Å². The molecule has 0 amide bonds. The maximum atomic E-state index is 12.4. The van der Waals surface area contributed by atoms with E-state index in [9.17, 15) is 4.79 Å². The Labute approximate surface area is 156 Å². The topological polar surface area (TPSA) is 38.8 Å². The number of rotatable bonds is 5. The van der Waals surface area contributed by atoms with E-state index in [0.29, 0.717) is 6.54 Å². The Balaban J connectivity index is 1.88. The van der Waals surface area contributed by atoms with Gasteiger partial charge in [0.1, 0.15) is 5.75 Å². The van der Waals surface area contributed by atoms with Gasteiger partial charge in [0.2, 0.25) is 0 Å². The first kappa shape index (κ1) is 18.0. The SMILES string of the molecule is COC(=O)[C@H]1CN(Cc2ccccc2)C[C@@H]1c1cc(Br)ccc1OC. The van der Waals surface area contributed by atoms with Crippen molar-refractivity contribution in [3.8, 4) is 5.75 Å². The third kappa shape index (κ3) is 4.05. The fraction of sp³-hybridized carbons (Fsp3) is 0.350. The maximum absolute atomic E-state index is 12.4. The van der Waals surface area contributed by atoms with Crippen LogP contribution in [-0.4, -0.2) is 38.2 Å². The molecule has 0 aliphatic carbocycles. The van der Waals surface area contributed by atoms with Crippen LogP contribution in [0, 0.1) is 5.92 Å². The second-order valence-electron chi connectivity index (χ2n) is 6.30. The van der Waals surface area contributed by atoms with Crippen molar-refractivity contribution in [3.63, 3.8) is 0 Å². The molecule has 1 heterocycles. The highest BCUT2D eigenvalue weighted by atomic mass is 79.9. The van der Waals surface area contributed by atoms with E-state index in [-0.39, 0.29) is 17.8 Å². The molecule has 1 aliphatic heterocycles. The fourth-order valence-corrected chi connectivity index (χ4v) is 3.94. The first-order chi connectivity index (χ1) is 12.1. The van der Waals surface area contributed by atoms with Crippen LogP contribution in [0.5, 0.6) is 5.75 Å². The summed E-state index contributed by atoms with van der Waals surface area (Å²) in [5.74, 6) is 0.492. The molecule has 132 valence electrons. The Morgan fingerprint density at radius 3 is 2.60 bits per heavy atom. The zero-order valence-electron chi connectivity index (χ0n) is 14.4. The molecule has 0 N–H and O–H groups in total. The van der Waals surface area contributed by atoms with Crippen LogP contribution >= 0.6 is 15.9 Å². The van der Waals surface area contributed by atoms with E-state index in [1.165, 1.54) is 12.7 Å². The number of carbonyl (C=O) groups is 1. The van der Waals surface area contributed by atoms with Gasteiger partial charge in [-0.15, -0.1) is 0 Å². The van der Waals surface area contributed by atoms with Gasteiger partial charge in [-0.3, -0.25) is 9.69 Å². The average molecular weight is 404 g/mol. The summed E-state index contributed by atoms with van der Waals surface area (Å²) in [6, 6.07) is 16.3. The van der Waals surface area contributed by atoms with Gasteiger partial charge in [0, 0.05) is 35.6 Å². The van der Waals surface area contributed by atoms with Crippen molar-refractivity contribution in [2.45, 2.75) is 12.5 Å². The summed E-state index contributed by atoms with van der Waals surface area (Å²) in [7, 11) is 3.12. The van der Waals surface area contributed by atoms with E-state index in [1.807, 2.05) is 36.4 Å². The van der Waals surface area contributed by atoms with E-state index in [0.717, 1.165) is 28.9 Å². The smallest absolute Gasteiger partial charge is 0.310 e. The highest BCUT2D eigenvalue weighted by Gasteiger charge is 2.40. The molecule has 0 bridgehead atoms. The summed E-state index contributed by atoms with van der Waals surface area (Å²) < 4.78 is 11.6. The van der Waals surface area contributed by atoms with Gasteiger partial charge in [-0.05, 0) is 23.8 Å². The van der Waals surface area contributed by atoms with E-state index >= 15 is 0 Å². The highest BCUT2D eigenvalue weighted by molar-refractivity contribution is 9.10. The van der Waals surface area contributed by atoms with E-state index < -0.39 is 0 Å². The summed E-state index contributed by atoms with van der Waals surface area (Å²) in [5.41, 5.74) is 2.29. The van der Waals surface area contributed by atoms with Crippen molar-refractivity contribution >= 4 is 21.9 Å². The van der Waals surface area contributed by atoms with Gasteiger partial charge < -0.3 is 9.47 Å². The van der Waals surface area contributed by atoms with E-state index in [4.69, 9.17) is 9.47 Å². The van der Waals surface area contributed by atoms with Crippen LogP contribution in [-0.2, 0) is 16.1 Å². The van der Waals surface area contributed by atoms with Crippen LogP contribution in [0.2, 0.25) is 0 Å². The van der Waals surface area contributed by atoms with E-state index in [2.05, 4.69) is 33.0 Å². The van der Waals surface area contributed by atoms with Crippen LogP contribution in [0.1, 0.15) is 17.0 Å². The second-order valence-corrected chi connectivity index (χ2v) is 7.22. The monoisotopic (exact) mass is 403 g/mol. The maximum Gasteiger partial charge on any atom is 0.310 e. The van der Waals surface area contributed by atoms with Crippen LogP contribution in [0.15, 0.2) is 53.0 Å². The molecule has 1 fully saturated rings. The molecule has 1 aliphatic rings. The molecule has 0 saturated carbocycles. The molecule has 25 heavy (non-hydrogen) atoms. The molecule has 2 atom stereocenters. The van der Waals surface area contributed by atoms with Gasteiger partial charge in [-0.25, -0.2) is 0 Å². The summed E-state index contributed by atoms with van der Waals surface area (Å²) in [4.78, 5) is 14.7. The molecular weight excluding hydrogens is 382 g/mol. The molecule has 2 aromatic carbocycles. The fourth-order valence-electron chi connectivity index (χ4n) is 3.56. The van der Waals surface area contributed by atoms with Crippen LogP contribution in [0.3, 0.4) is 0 Å². The first-order valence-electron chi connectivity index (χ1n) is 8.30. The molecule has 4 nitrogen and oxygen atoms in total. The van der Waals surface area contributed by atoms with Crippen LogP contribution < -0.4 is 4.74 Å². The highest BCUT2D eigenvalue weighted by Crippen LogP contribution is 2.39. The molecule has 2 aromatic rings. The molecule has 0 aromatic heterocycles. The minimum Gasteiger partial charge on any atom is -0.496 e. The standard InChI is InChI=1S/C20H22BrNO3/c1-24-19-9-8-15(21)10-16(19)17-12-22(13-18(17)20(23)25-2)11-14-6-4-3-5-7-14/h3-10,17-18H,11-13H2,1-2H3/t17-,18+/m1/s1. The summed E-state index contributed by atoms with van der Waals surface area (Å²) in [6.45, 7) is 2.30. The number of ether oxygens (including phenoxy) is 2. The van der Waals surface area contributed by atoms with Gasteiger partial charge in [-0.2, -0.15) is 0 Å². The minimum absolute atomic E-state index is 0.0450. The third-order valence-electron chi connectivity index (χ3n) is 4.74. The van der Waals surface area contributed by atoms with Crippen molar-refractivity contribution in [2.75, 3.05) is 27.3 Å². The van der Waals surface area contributed by atoms with Crippen molar-refractivity contribution in [3.05, 3.63) is 64.1 Å². The van der Waals surface area contributed by atoms with E-state index in [1.54, 1.807) is 7.11 Å². The summed E-state index contributed by atoms with van der Waals surface area (Å²) in [5, 5.41) is 0. The predicted molar refractivity (Wildman–Crippen MR) is 101 cm³/mol. The van der Waals surface area contributed by atoms with Crippen LogP contribution in [0.25, 0.3) is 0 Å². The number of nitrogens with zero attached hydrogens (tertiary/aromatic N) is 1. The number of hydrogen-bond donors (Lipinski definition) is 0. The lowest BCUT2D eigenvalue weighted by Gasteiger charge is -2.20. The Hall–Kier alpha value is -1.85. The molecule has 5 heteroatoms. The molecule has 1 saturated heterocycles. The first-order valence-corrected chi connectivity index (χ1v) is 9.09. The molecule has 0 radical (unpaired) electrons. The number of esters is 1. The number of likely N-dealkylation sites (tertiary alicyclic amines) is 1. The quantitative estimate of drug-likeness (QED) is 0.710. The number of methoxy groups -OCH3 is 2. The Morgan fingerprint density at radius 2 is 1.92 bits per heavy atom. The summed E-state index contributed by atoms with van der Waals surface area (Å²) in [6.07, 6.45) is 0. The molecule has 0 unspecified atom stereocenters. The average Bonchev–Trinajstić information content (AvgIpc) is 3.05. The number of benzene rings is 2. The van der Waals surface area contributed by atoms with Gasteiger partial charge in [0.25, 0.3) is 0 Å². The Bertz CT molecular complexity index is 735. The van der Waals surface area contributed by atoms with Crippen molar-refractivity contribution in [1.82, 2.24) is 4.90 Å². The Morgan fingerprint density at radius 1 is 1.16 bits per heavy atom. The number of halogens is 1. The van der Waals surface area contributed by atoms with Gasteiger partial charge in [0.15, 0.2) is 0 Å². The number of hydrogen-bond acceptors (Lipinski definition) is 4. The van der Waals surface area contributed by atoms with Gasteiger partial charge >= 0.3 is 5.97 Å². The van der Waals surface area contributed by atoms with Crippen molar-refractivity contribution in [2.24, 2.45) is 5.92 Å². The molecule has 3 rings (SSSR count). The number of carbonyl (C=O) groups excluding carboxylic acids is 1. The summed E-state index contributed by atoms with van der Waals surface area (Å²) >= 11 is 3.53. The zero-order chi connectivity index (χ0) is 17.8. The zero-order valence-corrected chi connectivity index (χ0v) is 16.0. The van der Waals surface area contributed by atoms with Crippen molar-refractivity contribution < 1.29 is 14.3 Å². The molecule has 0 spiro atoms. The lowest BCUT2D eigenvalue weighted by atomic mass is 9.88. The third-order valence-corrected chi connectivity index (χ3v) is 5.23. The normalized spacial score (nSPS) is 20.4.